The molecule has 1 aromatic heterocycles. The Bertz CT molecular complexity index is 192. The van der Waals surface area contributed by atoms with E-state index in [4.69, 9.17) is 5.73 Å². The van der Waals surface area contributed by atoms with E-state index in [1.807, 2.05) is 0 Å². The zero-order valence-electron chi connectivity index (χ0n) is 5.62. The Labute approximate surface area is 59.1 Å². The summed E-state index contributed by atoms with van der Waals surface area (Å²) in [5, 5.41) is 9.96. The molecule has 0 amide bonds. The van der Waals surface area contributed by atoms with Gasteiger partial charge in [0.2, 0.25) is 0 Å². The quantitative estimate of drug-likeness (QED) is 0.593. The fourth-order valence-electron chi connectivity index (χ4n) is 0.689. The largest absolute Gasteiger partial charge is 0.322 e. The van der Waals surface area contributed by atoms with Gasteiger partial charge in [0, 0.05) is 0 Å². The summed E-state index contributed by atoms with van der Waals surface area (Å²) < 4.78 is 0. The monoisotopic (exact) mass is 138 g/mol. The summed E-state index contributed by atoms with van der Waals surface area (Å²) in [5.41, 5.74) is 6.43. The van der Waals surface area contributed by atoms with E-state index in [2.05, 4.69) is 22.0 Å². The van der Waals surface area contributed by atoms with Crippen LogP contribution in [0.2, 0.25) is 0 Å². The van der Waals surface area contributed by atoms with Crippen LogP contribution in [0.3, 0.4) is 0 Å². The van der Waals surface area contributed by atoms with Crippen molar-refractivity contribution >= 4 is 0 Å². The molecule has 0 aliphatic carbocycles. The molecule has 4 heteroatoms. The molecule has 0 aliphatic rings. The van der Waals surface area contributed by atoms with Gasteiger partial charge in [-0.15, -0.1) is 6.58 Å². The zero-order valence-corrected chi connectivity index (χ0v) is 5.62. The zero-order chi connectivity index (χ0) is 7.40. The summed E-state index contributed by atoms with van der Waals surface area (Å²) in [5.74, 6) is 0. The minimum atomic E-state index is -0.0729. The molecule has 3 N–H and O–H groups in total. The van der Waals surface area contributed by atoms with Gasteiger partial charge in [-0.1, -0.05) is 6.08 Å². The van der Waals surface area contributed by atoms with Gasteiger partial charge in [0.15, 0.2) is 0 Å². The highest BCUT2D eigenvalue weighted by atomic mass is 15.3. The van der Waals surface area contributed by atoms with E-state index in [0.29, 0.717) is 0 Å². The predicted octanol–water partition coefficient (Wildman–Crippen LogP) is 0.381. The molecule has 0 aromatic carbocycles. The number of hydrogen-bond donors (Lipinski definition) is 2. The molecule has 1 aromatic rings. The maximum Gasteiger partial charge on any atom is 0.0994 e. The van der Waals surface area contributed by atoms with Crippen molar-refractivity contribution in [2.75, 3.05) is 0 Å². The van der Waals surface area contributed by atoms with Crippen molar-refractivity contribution in [3.63, 3.8) is 0 Å². The van der Waals surface area contributed by atoms with E-state index < -0.39 is 0 Å². The average Bonchev–Trinajstić information content (AvgIpc) is 2.38. The summed E-state index contributed by atoms with van der Waals surface area (Å²) in [4.78, 5) is 0. The lowest BCUT2D eigenvalue weighted by molar-refractivity contribution is 0.708. The summed E-state index contributed by atoms with van der Waals surface area (Å²) in [6.45, 7) is 3.57. The van der Waals surface area contributed by atoms with E-state index in [9.17, 15) is 0 Å². The van der Waals surface area contributed by atoms with Crippen molar-refractivity contribution in [1.29, 1.82) is 0 Å². The van der Waals surface area contributed by atoms with Crippen molar-refractivity contribution in [3.05, 3.63) is 24.5 Å². The minimum Gasteiger partial charge on any atom is -0.322 e. The first-order valence-corrected chi connectivity index (χ1v) is 3.06. The molecule has 1 unspecified atom stereocenters. The second kappa shape index (κ2) is 3.12. The summed E-state index contributed by atoms with van der Waals surface area (Å²) in [6, 6.07) is -0.0729. The first-order valence-electron chi connectivity index (χ1n) is 3.06. The average molecular weight is 138 g/mol. The Balaban J connectivity index is 2.58. The molecular formula is C6H10N4. The van der Waals surface area contributed by atoms with Gasteiger partial charge < -0.3 is 5.73 Å². The molecule has 0 spiro atoms. The highest BCUT2D eigenvalue weighted by Crippen LogP contribution is 2.07. The molecule has 1 heterocycles. The molecule has 1 rings (SSSR count). The Hall–Kier alpha value is -1.16. The molecule has 54 valence electrons. The van der Waals surface area contributed by atoms with E-state index in [1.165, 1.54) is 0 Å². The summed E-state index contributed by atoms with van der Waals surface area (Å²) >= 11 is 0. The molecule has 0 saturated heterocycles. The van der Waals surface area contributed by atoms with Crippen LogP contribution < -0.4 is 5.73 Å². The van der Waals surface area contributed by atoms with Gasteiger partial charge in [-0.2, -0.15) is 15.4 Å². The van der Waals surface area contributed by atoms with Crippen molar-refractivity contribution in [2.45, 2.75) is 12.5 Å². The van der Waals surface area contributed by atoms with Crippen LogP contribution in [0.5, 0.6) is 0 Å². The molecule has 0 fully saturated rings. The van der Waals surface area contributed by atoms with Gasteiger partial charge in [0.25, 0.3) is 0 Å². The topological polar surface area (TPSA) is 67.6 Å². The third-order valence-corrected chi connectivity index (χ3v) is 1.23. The summed E-state index contributed by atoms with van der Waals surface area (Å²) in [7, 11) is 0. The van der Waals surface area contributed by atoms with E-state index in [1.54, 1.807) is 12.3 Å². The Morgan fingerprint density at radius 2 is 2.70 bits per heavy atom. The van der Waals surface area contributed by atoms with Crippen LogP contribution >= 0.6 is 0 Å². The van der Waals surface area contributed by atoms with E-state index >= 15 is 0 Å². The van der Waals surface area contributed by atoms with Gasteiger partial charge in [-0.25, -0.2) is 0 Å². The van der Waals surface area contributed by atoms with Crippen LogP contribution in [0.15, 0.2) is 18.9 Å². The fourth-order valence-corrected chi connectivity index (χ4v) is 0.689. The Morgan fingerprint density at radius 3 is 3.20 bits per heavy atom. The number of aromatic nitrogens is 3. The van der Waals surface area contributed by atoms with Crippen LogP contribution in [-0.2, 0) is 0 Å². The number of aromatic amines is 1. The van der Waals surface area contributed by atoms with Gasteiger partial charge in [0.05, 0.1) is 17.9 Å². The molecule has 0 saturated carbocycles. The number of nitrogens with one attached hydrogen (secondary N) is 1. The van der Waals surface area contributed by atoms with Crippen LogP contribution in [0.4, 0.5) is 0 Å². The molecule has 0 bridgehead atoms. The van der Waals surface area contributed by atoms with E-state index in [0.717, 1.165) is 12.1 Å². The molecule has 0 radical (unpaired) electrons. The second-order valence-electron chi connectivity index (χ2n) is 2.03. The number of rotatable bonds is 3. The van der Waals surface area contributed by atoms with Crippen molar-refractivity contribution in [1.82, 2.24) is 15.4 Å². The van der Waals surface area contributed by atoms with Crippen LogP contribution in [0.1, 0.15) is 18.2 Å². The van der Waals surface area contributed by atoms with Crippen molar-refractivity contribution in [3.8, 4) is 0 Å². The second-order valence-corrected chi connectivity index (χ2v) is 2.03. The van der Waals surface area contributed by atoms with Crippen molar-refractivity contribution in [2.24, 2.45) is 5.73 Å². The predicted molar refractivity (Wildman–Crippen MR) is 38.1 cm³/mol. The number of H-pyrrole nitrogens is 1. The van der Waals surface area contributed by atoms with Gasteiger partial charge >= 0.3 is 0 Å². The highest BCUT2D eigenvalue weighted by Gasteiger charge is 2.04. The maximum absolute atomic E-state index is 5.66. The lowest BCUT2D eigenvalue weighted by Gasteiger charge is -2.01. The first kappa shape index (κ1) is 6.95. The third kappa shape index (κ3) is 1.41. The Morgan fingerprint density at radius 1 is 1.90 bits per heavy atom. The van der Waals surface area contributed by atoms with Crippen LogP contribution in [-0.4, -0.2) is 15.4 Å². The number of nitrogens with zero attached hydrogens (tertiary/aromatic N) is 2. The van der Waals surface area contributed by atoms with Crippen LogP contribution in [0, 0.1) is 0 Å². The van der Waals surface area contributed by atoms with Gasteiger partial charge in [0.1, 0.15) is 0 Å². The van der Waals surface area contributed by atoms with Crippen molar-refractivity contribution < 1.29 is 0 Å². The standard InChI is InChI=1S/C6H10N4/c1-2-3-5(7)6-4-8-10-9-6/h2,4-5H,1,3,7H2,(H,8,9,10). The third-order valence-electron chi connectivity index (χ3n) is 1.23. The number of hydrogen-bond acceptors (Lipinski definition) is 3. The molecule has 0 aliphatic heterocycles. The normalized spacial score (nSPS) is 12.9. The molecule has 4 nitrogen and oxygen atoms in total. The number of nitrogens with two attached hydrogens (primary N) is 1. The molecule has 1 atom stereocenters. The lowest BCUT2D eigenvalue weighted by Crippen LogP contribution is -2.09. The first-order chi connectivity index (χ1) is 4.84. The maximum atomic E-state index is 5.66. The minimum absolute atomic E-state index is 0.0729. The summed E-state index contributed by atoms with van der Waals surface area (Å²) in [6.07, 6.45) is 4.11. The van der Waals surface area contributed by atoms with Gasteiger partial charge in [-0.05, 0) is 6.42 Å². The highest BCUT2D eigenvalue weighted by molar-refractivity contribution is 4.99. The fraction of sp³-hybridized carbons (Fsp3) is 0.333. The van der Waals surface area contributed by atoms with Crippen LogP contribution in [0.25, 0.3) is 0 Å². The molecule has 10 heavy (non-hydrogen) atoms. The molecular weight excluding hydrogens is 128 g/mol. The van der Waals surface area contributed by atoms with Gasteiger partial charge in [-0.3, -0.25) is 0 Å². The Kier molecular flexibility index (Phi) is 2.17. The smallest absolute Gasteiger partial charge is 0.0994 e. The van der Waals surface area contributed by atoms with E-state index in [-0.39, 0.29) is 6.04 Å². The lowest BCUT2D eigenvalue weighted by atomic mass is 10.2. The SMILES string of the molecule is C=CCC(N)c1cn[nH]n1.